The maximum atomic E-state index is 14.1. The molecule has 7 heteroatoms. The van der Waals surface area contributed by atoms with E-state index < -0.39 is 0 Å². The maximum absolute atomic E-state index is 14.1. The van der Waals surface area contributed by atoms with Crippen LogP contribution in [0.1, 0.15) is 18.9 Å². The fourth-order valence-corrected chi connectivity index (χ4v) is 3.62. The molecule has 1 heterocycles. The van der Waals surface area contributed by atoms with Gasteiger partial charge in [0, 0.05) is 35.6 Å². The van der Waals surface area contributed by atoms with Crippen LogP contribution in [0.5, 0.6) is 0 Å². The van der Waals surface area contributed by atoms with Gasteiger partial charge in [-0.25, -0.2) is 9.37 Å². The normalized spacial score (nSPS) is 13.1. The monoisotopic (exact) mass is 429 g/mol. The minimum atomic E-state index is -0.353. The second-order valence-corrected chi connectivity index (χ2v) is 7.67. The van der Waals surface area contributed by atoms with Gasteiger partial charge in [0.2, 0.25) is 0 Å². The average molecular weight is 430 g/mol. The molecule has 3 aromatic rings. The van der Waals surface area contributed by atoms with Crippen molar-refractivity contribution in [2.75, 3.05) is 6.61 Å². The van der Waals surface area contributed by atoms with E-state index in [-0.39, 0.29) is 23.7 Å². The van der Waals surface area contributed by atoms with Crippen molar-refractivity contribution in [2.45, 2.75) is 32.4 Å². The number of rotatable bonds is 9. The van der Waals surface area contributed by atoms with E-state index in [9.17, 15) is 9.18 Å². The summed E-state index contributed by atoms with van der Waals surface area (Å²) < 4.78 is 21.1. The van der Waals surface area contributed by atoms with Gasteiger partial charge in [0.1, 0.15) is 5.82 Å². The Hall–Kier alpha value is -2.70. The smallest absolute Gasteiger partial charge is 0.310 e. The summed E-state index contributed by atoms with van der Waals surface area (Å²) in [6.45, 7) is 2.59. The molecule has 0 spiro atoms. The first-order valence-corrected chi connectivity index (χ1v) is 10.3. The van der Waals surface area contributed by atoms with Gasteiger partial charge in [-0.1, -0.05) is 35.9 Å². The lowest BCUT2D eigenvalue weighted by atomic mass is 9.94. The van der Waals surface area contributed by atoms with Crippen molar-refractivity contribution in [1.29, 1.82) is 0 Å². The number of benzene rings is 2. The number of hydrogen-bond donors (Lipinski definition) is 1. The Morgan fingerprint density at radius 3 is 2.70 bits per heavy atom. The lowest BCUT2D eigenvalue weighted by molar-refractivity contribution is -0.149. The molecule has 30 heavy (non-hydrogen) atoms. The highest BCUT2D eigenvalue weighted by Gasteiger charge is 2.23. The van der Waals surface area contributed by atoms with Crippen molar-refractivity contribution >= 4 is 17.6 Å². The highest BCUT2D eigenvalue weighted by molar-refractivity contribution is 6.30. The van der Waals surface area contributed by atoms with Gasteiger partial charge in [0.15, 0.2) is 0 Å². The van der Waals surface area contributed by atoms with Crippen LogP contribution < -0.4 is 5.73 Å². The van der Waals surface area contributed by atoms with E-state index in [2.05, 4.69) is 4.98 Å². The molecule has 0 fully saturated rings. The fraction of sp³-hybridized carbons (Fsp3) is 0.304. The van der Waals surface area contributed by atoms with Crippen molar-refractivity contribution in [3.63, 3.8) is 0 Å². The Labute approximate surface area is 180 Å². The van der Waals surface area contributed by atoms with Gasteiger partial charge >= 0.3 is 5.97 Å². The van der Waals surface area contributed by atoms with Gasteiger partial charge in [-0.15, -0.1) is 0 Å². The minimum absolute atomic E-state index is 0.225. The van der Waals surface area contributed by atoms with E-state index in [0.29, 0.717) is 36.6 Å². The van der Waals surface area contributed by atoms with Crippen molar-refractivity contribution in [3.05, 3.63) is 77.6 Å². The van der Waals surface area contributed by atoms with Gasteiger partial charge in [-0.05, 0) is 49.1 Å². The van der Waals surface area contributed by atoms with Crippen molar-refractivity contribution < 1.29 is 13.9 Å². The second-order valence-electron chi connectivity index (χ2n) is 7.23. The zero-order valence-corrected chi connectivity index (χ0v) is 17.6. The van der Waals surface area contributed by atoms with E-state index in [1.165, 1.54) is 12.1 Å². The standard InChI is InChI=1S/C23H25ClFN3O2/c1-2-30-23(29)18(14-28-10-9-27-15-28)12-20(26)11-16-3-5-17(6-4-16)21-13-19(24)7-8-22(21)25/h3-10,13,15,18,20H,2,11-12,14,26H2,1H3. The molecule has 2 atom stereocenters. The van der Waals surface area contributed by atoms with Crippen LogP contribution in [0, 0.1) is 11.7 Å². The van der Waals surface area contributed by atoms with Crippen molar-refractivity contribution in [3.8, 4) is 11.1 Å². The molecule has 0 bridgehead atoms. The number of nitrogens with zero attached hydrogens (tertiary/aromatic N) is 2. The van der Waals surface area contributed by atoms with Crippen LogP contribution in [0.25, 0.3) is 11.1 Å². The summed E-state index contributed by atoms with van der Waals surface area (Å²) in [5, 5.41) is 0.486. The van der Waals surface area contributed by atoms with E-state index in [1.54, 1.807) is 25.5 Å². The molecule has 0 aliphatic rings. The predicted octanol–water partition coefficient (Wildman–Crippen LogP) is 4.48. The van der Waals surface area contributed by atoms with Gasteiger partial charge in [0.25, 0.3) is 0 Å². The molecule has 2 aromatic carbocycles. The molecule has 0 saturated heterocycles. The third-order valence-electron chi connectivity index (χ3n) is 4.89. The molecule has 2 N–H and O–H groups in total. The minimum Gasteiger partial charge on any atom is -0.466 e. The summed E-state index contributed by atoms with van der Waals surface area (Å²) in [6, 6.07) is 11.8. The largest absolute Gasteiger partial charge is 0.466 e. The first kappa shape index (κ1) is 22.0. The Bertz CT molecular complexity index is 961. The number of imidazole rings is 1. The van der Waals surface area contributed by atoms with Crippen LogP contribution in [0.15, 0.2) is 61.2 Å². The predicted molar refractivity (Wildman–Crippen MR) is 115 cm³/mol. The number of carbonyl (C=O) groups excluding carboxylic acids is 1. The number of esters is 1. The number of ether oxygens (including phenoxy) is 1. The lowest BCUT2D eigenvalue weighted by Gasteiger charge is -2.20. The van der Waals surface area contributed by atoms with E-state index >= 15 is 0 Å². The van der Waals surface area contributed by atoms with Gasteiger partial charge in [-0.2, -0.15) is 0 Å². The molecule has 1 aromatic heterocycles. The summed E-state index contributed by atoms with van der Waals surface area (Å²) >= 11 is 5.99. The van der Waals surface area contributed by atoms with Crippen LogP contribution in [-0.4, -0.2) is 28.2 Å². The summed E-state index contributed by atoms with van der Waals surface area (Å²) in [4.78, 5) is 16.4. The summed E-state index contributed by atoms with van der Waals surface area (Å²) in [5.74, 6) is -0.928. The zero-order valence-electron chi connectivity index (χ0n) is 16.8. The summed E-state index contributed by atoms with van der Waals surface area (Å²) in [6.07, 6.45) is 6.24. The third-order valence-corrected chi connectivity index (χ3v) is 5.12. The van der Waals surface area contributed by atoms with Crippen molar-refractivity contribution in [1.82, 2.24) is 9.55 Å². The van der Waals surface area contributed by atoms with Crippen LogP contribution in [0.2, 0.25) is 5.02 Å². The zero-order chi connectivity index (χ0) is 21.5. The molecule has 0 aliphatic carbocycles. The fourth-order valence-electron chi connectivity index (χ4n) is 3.45. The van der Waals surface area contributed by atoms with Crippen molar-refractivity contribution in [2.24, 2.45) is 11.7 Å². The number of carbonyl (C=O) groups is 1. The van der Waals surface area contributed by atoms with Gasteiger partial charge in [0.05, 0.1) is 18.9 Å². The summed E-state index contributed by atoms with van der Waals surface area (Å²) in [7, 11) is 0. The summed E-state index contributed by atoms with van der Waals surface area (Å²) in [5.41, 5.74) is 8.57. The van der Waals surface area contributed by atoms with E-state index in [1.807, 2.05) is 35.0 Å². The molecule has 3 rings (SSSR count). The molecular formula is C23H25ClFN3O2. The molecule has 0 radical (unpaired) electrons. The van der Waals surface area contributed by atoms with E-state index in [4.69, 9.17) is 22.1 Å². The van der Waals surface area contributed by atoms with Gasteiger partial charge < -0.3 is 15.0 Å². The second kappa shape index (κ2) is 10.4. The Morgan fingerprint density at radius 2 is 2.03 bits per heavy atom. The SMILES string of the molecule is CCOC(=O)C(CC(N)Cc1ccc(-c2cc(Cl)ccc2F)cc1)Cn1ccnc1. The highest BCUT2D eigenvalue weighted by Crippen LogP contribution is 2.26. The molecular weight excluding hydrogens is 405 g/mol. The highest BCUT2D eigenvalue weighted by atomic mass is 35.5. The Kier molecular flexibility index (Phi) is 7.60. The average Bonchev–Trinajstić information content (AvgIpc) is 3.23. The van der Waals surface area contributed by atoms with Crippen LogP contribution in [0.4, 0.5) is 4.39 Å². The maximum Gasteiger partial charge on any atom is 0.310 e. The van der Waals surface area contributed by atoms with Crippen LogP contribution in [-0.2, 0) is 22.5 Å². The topological polar surface area (TPSA) is 70.1 Å². The number of aromatic nitrogens is 2. The molecule has 5 nitrogen and oxygen atoms in total. The quantitative estimate of drug-likeness (QED) is 0.509. The number of halogens is 2. The van der Waals surface area contributed by atoms with Gasteiger partial charge in [-0.3, -0.25) is 4.79 Å². The number of hydrogen-bond acceptors (Lipinski definition) is 4. The molecule has 158 valence electrons. The molecule has 0 aliphatic heterocycles. The van der Waals surface area contributed by atoms with Crippen LogP contribution >= 0.6 is 11.6 Å². The lowest BCUT2D eigenvalue weighted by Crippen LogP contribution is -2.32. The molecule has 0 saturated carbocycles. The molecule has 0 amide bonds. The van der Waals surface area contributed by atoms with Crippen LogP contribution in [0.3, 0.4) is 0 Å². The third kappa shape index (κ3) is 5.90. The molecule has 2 unspecified atom stereocenters. The Morgan fingerprint density at radius 1 is 1.27 bits per heavy atom. The number of nitrogens with two attached hydrogens (primary N) is 1. The van der Waals surface area contributed by atoms with E-state index in [0.717, 1.165) is 11.1 Å². The first-order chi connectivity index (χ1) is 14.5. The first-order valence-electron chi connectivity index (χ1n) is 9.88. The Balaban J connectivity index is 1.65.